The van der Waals surface area contributed by atoms with E-state index in [2.05, 4.69) is 5.32 Å². The van der Waals surface area contributed by atoms with E-state index in [1.807, 2.05) is 6.07 Å². The molecule has 26 heavy (non-hydrogen) atoms. The summed E-state index contributed by atoms with van der Waals surface area (Å²) in [5, 5.41) is 12.1. The lowest BCUT2D eigenvalue weighted by Crippen LogP contribution is -2.08. The fraction of sp³-hybridized carbons (Fsp3) is 0.111. The number of rotatable bonds is 6. The minimum absolute atomic E-state index is 0.0850. The Morgan fingerprint density at radius 2 is 1.88 bits per heavy atom. The fourth-order valence-electron chi connectivity index (χ4n) is 1.98. The van der Waals surface area contributed by atoms with Gasteiger partial charge in [-0.2, -0.15) is 5.26 Å². The number of amides is 1. The Hall–Kier alpha value is -2.39. The summed E-state index contributed by atoms with van der Waals surface area (Å²) in [5.41, 5.74) is 1.06. The largest absolute Gasteiger partial charge is 0.493 e. The zero-order valence-corrected chi connectivity index (χ0v) is 15.8. The van der Waals surface area contributed by atoms with E-state index in [0.717, 1.165) is 0 Å². The highest BCUT2D eigenvalue weighted by molar-refractivity contribution is 6.44. The smallest absolute Gasteiger partial charge is 0.248 e. The summed E-state index contributed by atoms with van der Waals surface area (Å²) in [6, 6.07) is 9.88. The summed E-state index contributed by atoms with van der Waals surface area (Å²) in [6.45, 7) is -0.0850. The van der Waals surface area contributed by atoms with E-state index in [-0.39, 0.29) is 16.7 Å². The van der Waals surface area contributed by atoms with Gasteiger partial charge in [0, 0.05) is 6.08 Å². The Kier molecular flexibility index (Phi) is 7.16. The highest BCUT2D eigenvalue weighted by Crippen LogP contribution is 2.32. The Morgan fingerprint density at radius 3 is 2.58 bits per heavy atom. The van der Waals surface area contributed by atoms with Crippen molar-refractivity contribution in [1.82, 2.24) is 0 Å². The first kappa shape index (κ1) is 19.9. The zero-order chi connectivity index (χ0) is 19.1. The van der Waals surface area contributed by atoms with Crippen LogP contribution in [0.25, 0.3) is 6.08 Å². The lowest BCUT2D eigenvalue weighted by molar-refractivity contribution is -0.111. The maximum atomic E-state index is 12.1. The minimum atomic E-state index is -0.394. The molecule has 0 saturated heterocycles. The number of benzene rings is 2. The van der Waals surface area contributed by atoms with Gasteiger partial charge in [-0.05, 0) is 35.9 Å². The van der Waals surface area contributed by atoms with Crippen LogP contribution in [-0.2, 0) is 4.79 Å². The van der Waals surface area contributed by atoms with Crippen molar-refractivity contribution >= 4 is 52.5 Å². The van der Waals surface area contributed by atoms with Gasteiger partial charge in [0.05, 0.1) is 27.9 Å². The molecule has 8 heteroatoms. The second-order valence-electron chi connectivity index (χ2n) is 4.93. The number of hydrogen-bond donors (Lipinski definition) is 1. The highest BCUT2D eigenvalue weighted by Gasteiger charge is 2.08. The molecule has 0 aromatic heterocycles. The third kappa shape index (κ3) is 5.30. The molecule has 0 fully saturated rings. The molecule has 1 amide bonds. The molecule has 0 aliphatic carbocycles. The maximum Gasteiger partial charge on any atom is 0.248 e. The molecule has 2 aromatic carbocycles. The van der Waals surface area contributed by atoms with Crippen molar-refractivity contribution in [3.05, 3.63) is 57.0 Å². The van der Waals surface area contributed by atoms with Crippen molar-refractivity contribution in [2.75, 3.05) is 19.0 Å². The van der Waals surface area contributed by atoms with Crippen molar-refractivity contribution in [2.45, 2.75) is 0 Å². The monoisotopic (exact) mass is 410 g/mol. The first-order valence-corrected chi connectivity index (χ1v) is 8.39. The second kappa shape index (κ2) is 9.35. The number of nitriles is 1. The molecule has 0 unspecified atom stereocenters. The molecule has 134 valence electrons. The molecule has 2 rings (SSSR count). The first-order valence-electron chi connectivity index (χ1n) is 7.26. The average Bonchev–Trinajstić information content (AvgIpc) is 2.63. The predicted octanol–water partition coefficient (Wildman–Crippen LogP) is 5.21. The van der Waals surface area contributed by atoms with Gasteiger partial charge < -0.3 is 14.8 Å². The van der Waals surface area contributed by atoms with E-state index >= 15 is 0 Å². The lowest BCUT2D eigenvalue weighted by Gasteiger charge is -2.09. The van der Waals surface area contributed by atoms with Crippen molar-refractivity contribution in [3.8, 4) is 17.6 Å². The van der Waals surface area contributed by atoms with Crippen molar-refractivity contribution in [2.24, 2.45) is 0 Å². The number of carbonyl (C=O) groups is 1. The van der Waals surface area contributed by atoms with Crippen LogP contribution in [0, 0.1) is 11.3 Å². The third-order valence-corrected chi connectivity index (χ3v) is 4.21. The van der Waals surface area contributed by atoms with Gasteiger partial charge >= 0.3 is 0 Å². The van der Waals surface area contributed by atoms with Gasteiger partial charge in [0.15, 0.2) is 18.1 Å². The zero-order valence-electron chi connectivity index (χ0n) is 13.6. The van der Waals surface area contributed by atoms with Gasteiger partial charge in [-0.15, -0.1) is 0 Å². The number of nitrogens with one attached hydrogen (secondary N) is 1. The molecule has 2 aromatic rings. The summed E-state index contributed by atoms with van der Waals surface area (Å²) < 4.78 is 10.5. The summed E-state index contributed by atoms with van der Waals surface area (Å²) >= 11 is 17.8. The van der Waals surface area contributed by atoms with Crippen LogP contribution >= 0.6 is 34.8 Å². The molecule has 0 aliphatic rings. The number of nitrogens with zero attached hydrogens (tertiary/aromatic N) is 1. The van der Waals surface area contributed by atoms with Gasteiger partial charge in [0.1, 0.15) is 6.07 Å². The number of carbonyl (C=O) groups excluding carboxylic acids is 1. The SMILES string of the molecule is COc1cc(/C=C/C(=O)Nc2cc(Cl)c(Cl)cc2Cl)ccc1OCC#N. The number of ether oxygens (including phenoxy) is 2. The van der Waals surface area contributed by atoms with Gasteiger partial charge in [-0.1, -0.05) is 40.9 Å². The van der Waals surface area contributed by atoms with Crippen LogP contribution in [0.4, 0.5) is 5.69 Å². The number of methoxy groups -OCH3 is 1. The predicted molar refractivity (Wildman–Crippen MR) is 103 cm³/mol. The lowest BCUT2D eigenvalue weighted by atomic mass is 10.2. The Balaban J connectivity index is 2.10. The fourth-order valence-corrected chi connectivity index (χ4v) is 2.58. The summed E-state index contributed by atoms with van der Waals surface area (Å²) in [6.07, 6.45) is 2.93. The van der Waals surface area contributed by atoms with E-state index in [1.54, 1.807) is 24.3 Å². The molecule has 0 aliphatic heterocycles. The summed E-state index contributed by atoms with van der Waals surface area (Å²) in [5.74, 6) is 0.502. The normalized spacial score (nSPS) is 10.4. The summed E-state index contributed by atoms with van der Waals surface area (Å²) in [7, 11) is 1.49. The molecule has 0 spiro atoms. The maximum absolute atomic E-state index is 12.1. The van der Waals surface area contributed by atoms with Crippen molar-refractivity contribution in [3.63, 3.8) is 0 Å². The average molecular weight is 412 g/mol. The van der Waals surface area contributed by atoms with Crippen LogP contribution in [0.1, 0.15) is 5.56 Å². The van der Waals surface area contributed by atoms with Crippen LogP contribution in [0.5, 0.6) is 11.5 Å². The van der Waals surface area contributed by atoms with Crippen LogP contribution in [0.15, 0.2) is 36.4 Å². The molecule has 0 saturated carbocycles. The highest BCUT2D eigenvalue weighted by atomic mass is 35.5. The van der Waals surface area contributed by atoms with Crippen molar-refractivity contribution in [1.29, 1.82) is 5.26 Å². The van der Waals surface area contributed by atoms with E-state index in [1.165, 1.54) is 25.3 Å². The van der Waals surface area contributed by atoms with Crippen LogP contribution < -0.4 is 14.8 Å². The molecule has 5 nitrogen and oxygen atoms in total. The van der Waals surface area contributed by atoms with Crippen LogP contribution in [-0.4, -0.2) is 19.6 Å². The number of halogens is 3. The third-order valence-electron chi connectivity index (χ3n) is 3.17. The quantitative estimate of drug-likeness (QED) is 0.523. The molecule has 0 bridgehead atoms. The van der Waals surface area contributed by atoms with E-state index in [4.69, 9.17) is 49.5 Å². The molecule has 0 heterocycles. The second-order valence-corrected chi connectivity index (χ2v) is 6.15. The van der Waals surface area contributed by atoms with Crippen LogP contribution in [0.3, 0.4) is 0 Å². The van der Waals surface area contributed by atoms with Gasteiger partial charge in [-0.3, -0.25) is 4.79 Å². The van der Waals surface area contributed by atoms with Crippen LogP contribution in [0.2, 0.25) is 15.1 Å². The topological polar surface area (TPSA) is 71.3 Å². The van der Waals surface area contributed by atoms with E-state index < -0.39 is 5.91 Å². The van der Waals surface area contributed by atoms with Gasteiger partial charge in [0.25, 0.3) is 0 Å². The van der Waals surface area contributed by atoms with Gasteiger partial charge in [0.2, 0.25) is 5.91 Å². The summed E-state index contributed by atoms with van der Waals surface area (Å²) in [4.78, 5) is 12.1. The van der Waals surface area contributed by atoms with E-state index in [9.17, 15) is 4.79 Å². The number of anilines is 1. The Bertz CT molecular complexity index is 892. The molecule has 0 radical (unpaired) electrons. The van der Waals surface area contributed by atoms with Crippen molar-refractivity contribution < 1.29 is 14.3 Å². The number of hydrogen-bond acceptors (Lipinski definition) is 4. The van der Waals surface area contributed by atoms with Gasteiger partial charge in [-0.25, -0.2) is 0 Å². The Labute approximate surface area is 165 Å². The molecular weight excluding hydrogens is 399 g/mol. The first-order chi connectivity index (χ1) is 12.4. The standard InChI is InChI=1S/C18H13Cl3N2O3/c1-25-17-8-11(2-4-16(17)26-7-6-22)3-5-18(24)23-15-10-13(20)12(19)9-14(15)21/h2-5,8-10H,7H2,1H3,(H,23,24)/b5-3+. The molecule has 0 atom stereocenters. The minimum Gasteiger partial charge on any atom is -0.493 e. The molecular formula is C18H13Cl3N2O3. The van der Waals surface area contributed by atoms with E-state index in [0.29, 0.717) is 27.8 Å². The Morgan fingerprint density at radius 1 is 1.15 bits per heavy atom. The molecule has 1 N–H and O–H groups in total.